The van der Waals surface area contributed by atoms with E-state index < -0.39 is 15.9 Å². The largest absolute Gasteiger partial charge is 0.286 e. The summed E-state index contributed by atoms with van der Waals surface area (Å²) in [4.78, 5) is 10.4. The van der Waals surface area contributed by atoms with Crippen LogP contribution >= 0.6 is 15.9 Å². The van der Waals surface area contributed by atoms with Gasteiger partial charge in [0.25, 0.3) is 5.69 Å². The zero-order valence-corrected chi connectivity index (χ0v) is 13.7. The predicted octanol–water partition coefficient (Wildman–Crippen LogP) is 3.35. The van der Waals surface area contributed by atoms with Crippen molar-refractivity contribution in [3.63, 3.8) is 0 Å². The molecule has 0 saturated heterocycles. The second-order valence-corrected chi connectivity index (χ2v) is 6.60. The molecule has 0 aliphatic heterocycles. The maximum absolute atomic E-state index is 13.2. The molecule has 0 aliphatic rings. The highest BCUT2D eigenvalue weighted by molar-refractivity contribution is 9.10. The molecule has 2 aromatic rings. The van der Waals surface area contributed by atoms with E-state index in [0.29, 0.717) is 17.4 Å². The lowest BCUT2D eigenvalue weighted by molar-refractivity contribution is -0.387. The van der Waals surface area contributed by atoms with Crippen LogP contribution in [0.1, 0.15) is 5.56 Å². The van der Waals surface area contributed by atoms with Crippen LogP contribution in [-0.2, 0) is 17.4 Å². The number of nitrogens with one attached hydrogen (secondary N) is 1. The topological polar surface area (TPSA) is 72.2 Å². The van der Waals surface area contributed by atoms with Crippen molar-refractivity contribution in [2.24, 2.45) is 0 Å². The van der Waals surface area contributed by atoms with Crippen LogP contribution in [0.5, 0.6) is 0 Å². The van der Waals surface area contributed by atoms with Gasteiger partial charge in [0.2, 0.25) is 0 Å². The summed E-state index contributed by atoms with van der Waals surface area (Å²) in [7, 11) is -1.70. The van der Waals surface area contributed by atoms with Gasteiger partial charge in [-0.2, -0.15) is 0 Å². The van der Waals surface area contributed by atoms with Crippen LogP contribution in [0.25, 0.3) is 0 Å². The Hall–Kier alpha value is -1.64. The Morgan fingerprint density at radius 2 is 2.00 bits per heavy atom. The average molecular weight is 387 g/mol. The molecule has 116 valence electrons. The summed E-state index contributed by atoms with van der Waals surface area (Å²) in [6, 6.07) is 10.4. The van der Waals surface area contributed by atoms with E-state index in [1.54, 1.807) is 12.1 Å². The average Bonchev–Trinajstić information content (AvgIpc) is 2.46. The number of para-hydroxylation sites is 1. The van der Waals surface area contributed by atoms with Crippen molar-refractivity contribution in [2.75, 3.05) is 6.54 Å². The van der Waals surface area contributed by atoms with Crippen molar-refractivity contribution >= 4 is 32.6 Å². The SMILES string of the molecule is O=[N+]([O-])c1ccccc1S(=O)NCCc1cc(F)cc(Br)c1. The zero-order chi connectivity index (χ0) is 16.1. The fourth-order valence-corrected chi connectivity index (χ4v) is 3.38. The minimum absolute atomic E-state index is 0.118. The fraction of sp³-hybridized carbons (Fsp3) is 0.143. The van der Waals surface area contributed by atoms with E-state index >= 15 is 0 Å². The van der Waals surface area contributed by atoms with Crippen LogP contribution in [-0.4, -0.2) is 15.7 Å². The number of hydrogen-bond donors (Lipinski definition) is 1. The first kappa shape index (κ1) is 16.7. The van der Waals surface area contributed by atoms with E-state index in [-0.39, 0.29) is 16.4 Å². The molecular weight excluding hydrogens is 375 g/mol. The van der Waals surface area contributed by atoms with Crippen LogP contribution in [0, 0.1) is 15.9 Å². The van der Waals surface area contributed by atoms with Gasteiger partial charge in [0, 0.05) is 17.1 Å². The van der Waals surface area contributed by atoms with Gasteiger partial charge in [-0.3, -0.25) is 10.1 Å². The standard InChI is InChI=1S/C14H12BrFN2O3S/c15-11-7-10(8-12(16)9-11)5-6-17-22(21)14-4-2-1-3-13(14)18(19)20/h1-4,7-9,17H,5-6H2. The highest BCUT2D eigenvalue weighted by Gasteiger charge is 2.17. The predicted molar refractivity (Wildman–Crippen MR) is 85.3 cm³/mol. The van der Waals surface area contributed by atoms with E-state index in [4.69, 9.17) is 0 Å². The molecule has 1 unspecified atom stereocenters. The van der Waals surface area contributed by atoms with Gasteiger partial charge >= 0.3 is 0 Å². The van der Waals surface area contributed by atoms with Crippen molar-refractivity contribution in [2.45, 2.75) is 11.3 Å². The number of nitro groups is 1. The first-order valence-electron chi connectivity index (χ1n) is 6.31. The first-order chi connectivity index (χ1) is 10.5. The summed E-state index contributed by atoms with van der Waals surface area (Å²) in [5.74, 6) is -0.357. The lowest BCUT2D eigenvalue weighted by Gasteiger charge is -2.06. The number of nitro benzene ring substituents is 1. The van der Waals surface area contributed by atoms with E-state index in [1.807, 2.05) is 0 Å². The third kappa shape index (κ3) is 4.43. The van der Waals surface area contributed by atoms with Gasteiger partial charge in [-0.1, -0.05) is 28.1 Å². The van der Waals surface area contributed by atoms with E-state index in [2.05, 4.69) is 20.7 Å². The molecule has 0 aromatic heterocycles. The van der Waals surface area contributed by atoms with E-state index in [9.17, 15) is 18.7 Å². The highest BCUT2D eigenvalue weighted by atomic mass is 79.9. The molecule has 0 bridgehead atoms. The van der Waals surface area contributed by atoms with Crippen LogP contribution in [0.3, 0.4) is 0 Å². The van der Waals surface area contributed by atoms with Gasteiger partial charge in [0.15, 0.2) is 0 Å². The maximum Gasteiger partial charge on any atom is 0.286 e. The van der Waals surface area contributed by atoms with Gasteiger partial charge in [-0.15, -0.1) is 0 Å². The minimum Gasteiger partial charge on any atom is -0.258 e. The molecule has 2 rings (SSSR count). The number of halogens is 2. The normalized spacial score (nSPS) is 12.1. The number of nitrogens with zero attached hydrogens (tertiary/aromatic N) is 1. The van der Waals surface area contributed by atoms with Gasteiger partial charge in [0.05, 0.1) is 4.92 Å². The van der Waals surface area contributed by atoms with Crippen molar-refractivity contribution in [1.82, 2.24) is 4.72 Å². The molecule has 1 atom stereocenters. The summed E-state index contributed by atoms with van der Waals surface area (Å²) >= 11 is 3.20. The van der Waals surface area contributed by atoms with Crippen LogP contribution in [0.15, 0.2) is 51.8 Å². The molecule has 0 aliphatic carbocycles. The lowest BCUT2D eigenvalue weighted by atomic mass is 10.1. The summed E-state index contributed by atoms with van der Waals surface area (Å²) in [6.45, 7) is 0.300. The second kappa shape index (κ2) is 7.57. The van der Waals surface area contributed by atoms with Crippen LogP contribution in [0.2, 0.25) is 0 Å². The van der Waals surface area contributed by atoms with Crippen molar-refractivity contribution in [1.29, 1.82) is 0 Å². The second-order valence-electron chi connectivity index (χ2n) is 4.42. The fourth-order valence-electron chi connectivity index (χ4n) is 1.89. The zero-order valence-electron chi connectivity index (χ0n) is 11.3. The van der Waals surface area contributed by atoms with E-state index in [1.165, 1.54) is 30.3 Å². The molecule has 22 heavy (non-hydrogen) atoms. The molecular formula is C14H12BrFN2O3S. The van der Waals surface area contributed by atoms with Crippen molar-refractivity contribution < 1.29 is 13.5 Å². The molecule has 1 N–H and O–H groups in total. The minimum atomic E-state index is -1.70. The maximum atomic E-state index is 13.2. The van der Waals surface area contributed by atoms with E-state index in [0.717, 1.165) is 5.56 Å². The summed E-state index contributed by atoms with van der Waals surface area (Å²) < 4.78 is 28.7. The lowest BCUT2D eigenvalue weighted by Crippen LogP contribution is -2.21. The molecule has 0 fully saturated rings. The summed E-state index contributed by atoms with van der Waals surface area (Å²) in [5.41, 5.74) is 0.542. The Labute approximate surface area is 137 Å². The molecule has 0 radical (unpaired) electrons. The van der Waals surface area contributed by atoms with Crippen molar-refractivity contribution in [3.8, 4) is 0 Å². The molecule has 0 heterocycles. The van der Waals surface area contributed by atoms with Crippen LogP contribution < -0.4 is 4.72 Å². The number of hydrogen-bond acceptors (Lipinski definition) is 3. The summed E-state index contributed by atoms with van der Waals surface area (Å²) in [5, 5.41) is 10.9. The smallest absolute Gasteiger partial charge is 0.258 e. The Balaban J connectivity index is 2.00. The van der Waals surface area contributed by atoms with Gasteiger partial charge in [-0.25, -0.2) is 13.3 Å². The number of benzene rings is 2. The number of rotatable bonds is 6. The Bertz CT molecular complexity index is 707. The van der Waals surface area contributed by atoms with Gasteiger partial charge < -0.3 is 0 Å². The molecule has 8 heteroatoms. The van der Waals surface area contributed by atoms with Crippen LogP contribution in [0.4, 0.5) is 10.1 Å². The Kier molecular flexibility index (Phi) is 5.76. The Morgan fingerprint density at radius 3 is 2.68 bits per heavy atom. The molecule has 5 nitrogen and oxygen atoms in total. The molecule has 0 spiro atoms. The quantitative estimate of drug-likeness (QED) is 0.610. The van der Waals surface area contributed by atoms with Gasteiger partial charge in [0.1, 0.15) is 21.7 Å². The van der Waals surface area contributed by atoms with Crippen molar-refractivity contribution in [3.05, 3.63) is 68.4 Å². The summed E-state index contributed by atoms with van der Waals surface area (Å²) in [6.07, 6.45) is 0.447. The Morgan fingerprint density at radius 1 is 1.27 bits per heavy atom. The third-order valence-corrected chi connectivity index (χ3v) is 4.50. The molecule has 2 aromatic carbocycles. The molecule has 0 saturated carbocycles. The highest BCUT2D eigenvalue weighted by Crippen LogP contribution is 2.20. The molecule has 0 amide bonds. The third-order valence-electron chi connectivity index (χ3n) is 2.83. The first-order valence-corrected chi connectivity index (χ1v) is 8.25. The monoisotopic (exact) mass is 386 g/mol. The van der Waals surface area contributed by atoms with Gasteiger partial charge in [-0.05, 0) is 36.2 Å².